The van der Waals surface area contributed by atoms with Gasteiger partial charge in [0.2, 0.25) is 11.7 Å². The number of amides is 1. The number of carbonyl (C=O) groups excluding carboxylic acids is 1. The van der Waals surface area contributed by atoms with Crippen molar-refractivity contribution in [2.75, 3.05) is 0 Å². The van der Waals surface area contributed by atoms with E-state index in [0.717, 1.165) is 42.3 Å². The Bertz CT molecular complexity index is 1370. The topological polar surface area (TPSA) is 103 Å². The summed E-state index contributed by atoms with van der Waals surface area (Å²) in [7, 11) is 0. The molecule has 1 aliphatic carbocycles. The van der Waals surface area contributed by atoms with Gasteiger partial charge in [-0.05, 0) is 57.0 Å². The van der Waals surface area contributed by atoms with E-state index in [1.54, 1.807) is 26.0 Å². The summed E-state index contributed by atoms with van der Waals surface area (Å²) in [4.78, 5) is 34.3. The van der Waals surface area contributed by atoms with Crippen LogP contribution in [0.3, 0.4) is 0 Å². The summed E-state index contributed by atoms with van der Waals surface area (Å²) in [5.74, 6) is 0.512. The Morgan fingerprint density at radius 3 is 2.64 bits per heavy atom. The van der Waals surface area contributed by atoms with Crippen LogP contribution in [0.1, 0.15) is 66.6 Å². The lowest BCUT2D eigenvalue weighted by atomic mass is 10.1. The van der Waals surface area contributed by atoms with Gasteiger partial charge in [0.05, 0.1) is 11.0 Å². The van der Waals surface area contributed by atoms with Gasteiger partial charge in [0.1, 0.15) is 11.7 Å². The van der Waals surface area contributed by atoms with Crippen molar-refractivity contribution in [2.24, 2.45) is 0 Å². The van der Waals surface area contributed by atoms with Crippen molar-refractivity contribution in [3.05, 3.63) is 76.0 Å². The zero-order valence-corrected chi connectivity index (χ0v) is 18.6. The van der Waals surface area contributed by atoms with Crippen molar-refractivity contribution in [1.82, 2.24) is 25.0 Å². The smallest absolute Gasteiger partial charge is 0.272 e. The third-order valence-electron chi connectivity index (χ3n) is 6.20. The first-order valence-corrected chi connectivity index (χ1v) is 11.2. The zero-order valence-electron chi connectivity index (χ0n) is 18.6. The van der Waals surface area contributed by atoms with Gasteiger partial charge in [-0.3, -0.25) is 9.59 Å². The molecule has 1 atom stereocenters. The number of aromatic nitrogens is 4. The molecule has 1 saturated carbocycles. The average Bonchev–Trinajstić information content (AvgIpc) is 3.53. The van der Waals surface area contributed by atoms with E-state index in [2.05, 4.69) is 20.4 Å². The van der Waals surface area contributed by atoms with Crippen LogP contribution in [0.15, 0.2) is 57.8 Å². The predicted molar refractivity (Wildman–Crippen MR) is 124 cm³/mol. The Labute approximate surface area is 190 Å². The summed E-state index contributed by atoms with van der Waals surface area (Å²) >= 11 is 0. The molecule has 2 heterocycles. The fraction of sp³-hybridized carbons (Fsp3) is 0.320. The molecule has 33 heavy (non-hydrogen) atoms. The summed E-state index contributed by atoms with van der Waals surface area (Å²) in [5, 5.41) is 6.97. The largest absolute Gasteiger partial charge is 0.341 e. The van der Waals surface area contributed by atoms with Crippen molar-refractivity contribution in [2.45, 2.75) is 51.6 Å². The van der Waals surface area contributed by atoms with Crippen molar-refractivity contribution in [3.63, 3.8) is 0 Å². The van der Waals surface area contributed by atoms with Crippen LogP contribution in [0.4, 0.5) is 0 Å². The number of fused-ring (bicyclic) bond motifs is 1. The van der Waals surface area contributed by atoms with Gasteiger partial charge in [0, 0.05) is 17.2 Å². The normalized spacial score (nSPS) is 15.1. The summed E-state index contributed by atoms with van der Waals surface area (Å²) < 4.78 is 7.33. The minimum atomic E-state index is -0.452. The van der Waals surface area contributed by atoms with Crippen molar-refractivity contribution >= 4 is 16.9 Å². The van der Waals surface area contributed by atoms with Gasteiger partial charge in [-0.1, -0.05) is 36.2 Å². The lowest BCUT2D eigenvalue weighted by molar-refractivity contribution is 0.0932. The molecular weight excluding hydrogens is 418 g/mol. The number of aryl methyl sites for hydroxylation is 1. The summed E-state index contributed by atoms with van der Waals surface area (Å²) in [6, 6.07) is 14.4. The number of hydrogen-bond acceptors (Lipinski definition) is 6. The van der Waals surface area contributed by atoms with Crippen LogP contribution in [0, 0.1) is 6.92 Å². The Kier molecular flexibility index (Phi) is 5.50. The van der Waals surface area contributed by atoms with Gasteiger partial charge in [-0.15, -0.1) is 0 Å². The molecule has 4 aromatic rings. The molecule has 5 rings (SSSR count). The summed E-state index contributed by atoms with van der Waals surface area (Å²) in [6.07, 6.45) is 4.31. The molecule has 2 aromatic heterocycles. The number of hydrogen-bond donors (Lipinski definition) is 1. The van der Waals surface area contributed by atoms with Crippen LogP contribution in [-0.4, -0.2) is 25.6 Å². The van der Waals surface area contributed by atoms with E-state index in [1.165, 1.54) is 0 Å². The maximum Gasteiger partial charge on any atom is 0.272 e. The highest BCUT2D eigenvalue weighted by atomic mass is 16.5. The molecule has 1 N–H and O–H groups in total. The van der Waals surface area contributed by atoms with E-state index in [9.17, 15) is 9.59 Å². The fourth-order valence-corrected chi connectivity index (χ4v) is 4.45. The second-order valence-corrected chi connectivity index (χ2v) is 8.53. The van der Waals surface area contributed by atoms with E-state index < -0.39 is 6.04 Å². The zero-order chi connectivity index (χ0) is 22.9. The molecule has 0 aliphatic heterocycles. The van der Waals surface area contributed by atoms with Crippen LogP contribution in [0.2, 0.25) is 0 Å². The van der Waals surface area contributed by atoms with Crippen LogP contribution in [-0.2, 0) is 0 Å². The number of benzene rings is 2. The van der Waals surface area contributed by atoms with E-state index >= 15 is 0 Å². The van der Waals surface area contributed by atoms with Crippen LogP contribution >= 0.6 is 0 Å². The molecular formula is C25H25N5O3. The third kappa shape index (κ3) is 4.04. The minimum absolute atomic E-state index is 0.0213. The molecule has 0 spiro atoms. The van der Waals surface area contributed by atoms with Crippen LogP contribution in [0.5, 0.6) is 0 Å². The second kappa shape index (κ2) is 8.61. The second-order valence-electron chi connectivity index (χ2n) is 8.53. The predicted octanol–water partition coefficient (Wildman–Crippen LogP) is 4.36. The van der Waals surface area contributed by atoms with E-state index in [1.807, 2.05) is 41.0 Å². The van der Waals surface area contributed by atoms with Gasteiger partial charge in [-0.2, -0.15) is 4.98 Å². The number of nitrogens with one attached hydrogen (secondary N) is 1. The monoisotopic (exact) mass is 443 g/mol. The van der Waals surface area contributed by atoms with Crippen molar-refractivity contribution < 1.29 is 9.32 Å². The molecule has 0 bridgehead atoms. The molecule has 8 nitrogen and oxygen atoms in total. The molecule has 1 fully saturated rings. The first-order chi connectivity index (χ1) is 16.0. The molecule has 1 amide bonds. The number of rotatable bonds is 5. The van der Waals surface area contributed by atoms with E-state index in [-0.39, 0.29) is 17.5 Å². The highest BCUT2D eigenvalue weighted by molar-refractivity contribution is 5.94. The standard InChI is InChI=1S/C25H25N5O3/c1-15(27-23(31)17-8-4-3-5-9-17)24-28-22(29-33-24)18-12-13-21-20(14-18)26-16(2)25(32)30(21)19-10-6-7-11-19/h3-5,8-9,12-15,19H,6-7,10-11H2,1-2H3,(H,27,31)/t15-/m0/s1. The summed E-state index contributed by atoms with van der Waals surface area (Å²) in [6.45, 7) is 3.55. The Balaban J connectivity index is 1.43. The number of carbonyl (C=O) groups is 1. The highest BCUT2D eigenvalue weighted by Crippen LogP contribution is 2.31. The van der Waals surface area contributed by atoms with Gasteiger partial charge >= 0.3 is 0 Å². The number of nitrogens with zero attached hydrogens (tertiary/aromatic N) is 4. The van der Waals surface area contributed by atoms with E-state index in [0.29, 0.717) is 23.0 Å². The molecule has 8 heteroatoms. The Morgan fingerprint density at radius 1 is 1.12 bits per heavy atom. The Hall–Kier alpha value is -3.81. The summed E-state index contributed by atoms with van der Waals surface area (Å²) in [5.41, 5.74) is 3.32. The first kappa shape index (κ1) is 21.1. The molecule has 168 valence electrons. The lowest BCUT2D eigenvalue weighted by Crippen LogP contribution is -2.27. The van der Waals surface area contributed by atoms with Gasteiger partial charge in [0.25, 0.3) is 11.5 Å². The molecule has 2 aromatic carbocycles. The molecule has 1 aliphatic rings. The van der Waals surface area contributed by atoms with Crippen molar-refractivity contribution in [3.8, 4) is 11.4 Å². The fourth-order valence-electron chi connectivity index (χ4n) is 4.45. The highest BCUT2D eigenvalue weighted by Gasteiger charge is 2.22. The lowest BCUT2D eigenvalue weighted by Gasteiger charge is -2.17. The SMILES string of the molecule is Cc1nc2cc(-c3noc([C@H](C)NC(=O)c4ccccc4)n3)ccc2n(C2CCCC2)c1=O. The average molecular weight is 444 g/mol. The molecule has 0 unspecified atom stereocenters. The maximum atomic E-state index is 12.8. The van der Waals surface area contributed by atoms with Crippen molar-refractivity contribution in [1.29, 1.82) is 0 Å². The first-order valence-electron chi connectivity index (χ1n) is 11.2. The van der Waals surface area contributed by atoms with Crippen LogP contribution < -0.4 is 10.9 Å². The van der Waals surface area contributed by atoms with Gasteiger partial charge < -0.3 is 14.4 Å². The van der Waals surface area contributed by atoms with Gasteiger partial charge in [0.15, 0.2) is 0 Å². The van der Waals surface area contributed by atoms with E-state index in [4.69, 9.17) is 4.52 Å². The third-order valence-corrected chi connectivity index (χ3v) is 6.20. The molecule has 0 radical (unpaired) electrons. The van der Waals surface area contributed by atoms with Gasteiger partial charge in [-0.25, -0.2) is 4.98 Å². The maximum absolute atomic E-state index is 12.8. The Morgan fingerprint density at radius 2 is 1.88 bits per heavy atom. The molecule has 0 saturated heterocycles. The van der Waals surface area contributed by atoms with Crippen LogP contribution in [0.25, 0.3) is 22.4 Å². The minimum Gasteiger partial charge on any atom is -0.341 e. The quantitative estimate of drug-likeness (QED) is 0.492.